The van der Waals surface area contributed by atoms with Crippen molar-refractivity contribution in [3.8, 4) is 11.5 Å². The number of carbonyl (C=O) groups excluding carboxylic acids is 2. The molecule has 0 saturated heterocycles. The average molecular weight is 588 g/mol. The van der Waals surface area contributed by atoms with E-state index >= 15 is 0 Å². The first kappa shape index (κ1) is 30.8. The molecule has 3 rings (SSSR count). The number of likely N-dealkylation sites (N-methyl/N-ethyl adjacent to an activating group) is 1. The molecule has 0 unspecified atom stereocenters. The number of hydrogen-bond acceptors (Lipinski definition) is 6. The smallest absolute Gasteiger partial charge is 0.264 e. The van der Waals surface area contributed by atoms with Crippen molar-refractivity contribution in [3.05, 3.63) is 82.9 Å². The van der Waals surface area contributed by atoms with Gasteiger partial charge in [0.2, 0.25) is 11.8 Å². The molecule has 0 radical (unpaired) electrons. The fraction of sp³-hybridized carbons (Fsp3) is 0.310. The van der Waals surface area contributed by atoms with Crippen molar-refractivity contribution in [1.29, 1.82) is 0 Å². The zero-order valence-electron chi connectivity index (χ0n) is 23.2. The topological polar surface area (TPSA) is 105 Å². The van der Waals surface area contributed by atoms with E-state index in [-0.39, 0.29) is 23.1 Å². The zero-order chi connectivity index (χ0) is 29.4. The SMILES string of the molecule is CCNC(=O)[C@H](C)N(Cc1ccc(Cl)cc1)C(=O)CN(c1ccc(C)cc1)S(=O)(=O)c1ccc(OC)c(OC)c1. The summed E-state index contributed by atoms with van der Waals surface area (Å²) in [6.45, 7) is 5.19. The number of nitrogens with zero attached hydrogens (tertiary/aromatic N) is 2. The van der Waals surface area contributed by atoms with Crippen molar-refractivity contribution >= 4 is 39.1 Å². The van der Waals surface area contributed by atoms with Crippen LogP contribution in [0.25, 0.3) is 0 Å². The lowest BCUT2D eigenvalue weighted by Gasteiger charge is -2.32. The lowest BCUT2D eigenvalue weighted by atomic mass is 10.1. The lowest BCUT2D eigenvalue weighted by molar-refractivity contribution is -0.139. The van der Waals surface area contributed by atoms with E-state index in [2.05, 4.69) is 5.32 Å². The highest BCUT2D eigenvalue weighted by atomic mass is 35.5. The average Bonchev–Trinajstić information content (AvgIpc) is 2.95. The number of rotatable bonds is 12. The maximum Gasteiger partial charge on any atom is 0.264 e. The predicted octanol–water partition coefficient (Wildman–Crippen LogP) is 4.41. The van der Waals surface area contributed by atoms with E-state index in [0.717, 1.165) is 15.4 Å². The summed E-state index contributed by atoms with van der Waals surface area (Å²) in [5, 5.41) is 3.27. The summed E-state index contributed by atoms with van der Waals surface area (Å²) in [4.78, 5) is 28.0. The van der Waals surface area contributed by atoms with Crippen molar-refractivity contribution in [2.45, 2.75) is 38.3 Å². The molecule has 0 aliphatic heterocycles. The van der Waals surface area contributed by atoms with Crippen LogP contribution in [0.1, 0.15) is 25.0 Å². The molecule has 40 heavy (non-hydrogen) atoms. The third-order valence-corrected chi connectivity index (χ3v) is 8.35. The number of ether oxygens (including phenoxy) is 2. The highest BCUT2D eigenvalue weighted by Crippen LogP contribution is 2.32. The summed E-state index contributed by atoms with van der Waals surface area (Å²) < 4.78 is 39.6. The standard InChI is InChI=1S/C29H34ClN3O6S/c1-6-31-29(35)21(3)32(18-22-9-11-23(30)12-10-22)28(34)19-33(24-13-7-20(2)8-14-24)40(36,37)25-15-16-26(38-4)27(17-25)39-5/h7-17,21H,6,18-19H2,1-5H3,(H,31,35)/t21-/m0/s1. The largest absolute Gasteiger partial charge is 0.493 e. The molecule has 3 aromatic carbocycles. The summed E-state index contributed by atoms with van der Waals surface area (Å²) in [5.41, 5.74) is 1.96. The number of benzene rings is 3. The summed E-state index contributed by atoms with van der Waals surface area (Å²) in [6, 6.07) is 17.1. The second-order valence-electron chi connectivity index (χ2n) is 9.08. The van der Waals surface area contributed by atoms with Crippen LogP contribution >= 0.6 is 11.6 Å². The van der Waals surface area contributed by atoms with Gasteiger partial charge >= 0.3 is 0 Å². The third kappa shape index (κ3) is 7.25. The van der Waals surface area contributed by atoms with E-state index < -0.39 is 28.5 Å². The van der Waals surface area contributed by atoms with Gasteiger partial charge in [0, 0.05) is 24.2 Å². The molecular formula is C29H34ClN3O6S. The maximum absolute atomic E-state index is 14.0. The molecule has 0 saturated carbocycles. The number of halogens is 1. The minimum absolute atomic E-state index is 0.0758. The van der Waals surface area contributed by atoms with Crippen LogP contribution in [0.5, 0.6) is 11.5 Å². The Labute approximate surface area is 240 Å². The molecule has 1 N–H and O–H groups in total. The molecule has 0 fully saturated rings. The van der Waals surface area contributed by atoms with Gasteiger partial charge in [-0.1, -0.05) is 41.4 Å². The predicted molar refractivity (Wildman–Crippen MR) is 155 cm³/mol. The van der Waals surface area contributed by atoms with E-state index in [9.17, 15) is 18.0 Å². The van der Waals surface area contributed by atoms with Gasteiger partial charge in [0.05, 0.1) is 24.8 Å². The van der Waals surface area contributed by atoms with E-state index in [1.54, 1.807) is 62.4 Å². The molecule has 0 aliphatic rings. The van der Waals surface area contributed by atoms with Crippen molar-refractivity contribution < 1.29 is 27.5 Å². The lowest BCUT2D eigenvalue weighted by Crippen LogP contribution is -2.51. The van der Waals surface area contributed by atoms with Crippen molar-refractivity contribution in [2.24, 2.45) is 0 Å². The Balaban J connectivity index is 2.06. The van der Waals surface area contributed by atoms with Gasteiger partial charge in [-0.05, 0) is 62.7 Å². The molecule has 2 amide bonds. The monoisotopic (exact) mass is 587 g/mol. The quantitative estimate of drug-likeness (QED) is 0.336. The first-order valence-electron chi connectivity index (χ1n) is 12.6. The van der Waals surface area contributed by atoms with Crippen LogP contribution in [-0.2, 0) is 26.2 Å². The Morgan fingerprint density at radius 2 is 1.57 bits per heavy atom. The van der Waals surface area contributed by atoms with E-state index in [4.69, 9.17) is 21.1 Å². The third-order valence-electron chi connectivity index (χ3n) is 6.33. The Morgan fingerprint density at radius 1 is 0.950 bits per heavy atom. The second-order valence-corrected chi connectivity index (χ2v) is 11.4. The van der Waals surface area contributed by atoms with Gasteiger partial charge in [-0.15, -0.1) is 0 Å². The Bertz CT molecular complexity index is 1430. The number of hydrogen-bond donors (Lipinski definition) is 1. The van der Waals surface area contributed by atoms with Crippen molar-refractivity contribution in [1.82, 2.24) is 10.2 Å². The van der Waals surface area contributed by atoms with E-state index in [0.29, 0.717) is 23.0 Å². The normalized spacial score (nSPS) is 11.8. The van der Waals surface area contributed by atoms with Crippen LogP contribution in [0, 0.1) is 6.92 Å². The van der Waals surface area contributed by atoms with Crippen LogP contribution < -0.4 is 19.1 Å². The Morgan fingerprint density at radius 3 is 2.15 bits per heavy atom. The molecule has 0 spiro atoms. The number of anilines is 1. The van der Waals surface area contributed by atoms with Gasteiger partial charge < -0.3 is 19.7 Å². The molecule has 0 aliphatic carbocycles. The summed E-state index contributed by atoms with van der Waals surface area (Å²) in [6.07, 6.45) is 0. The highest BCUT2D eigenvalue weighted by Gasteiger charge is 2.33. The number of sulfonamides is 1. The Kier molecular flexibility index (Phi) is 10.4. The molecular weight excluding hydrogens is 554 g/mol. The first-order valence-corrected chi connectivity index (χ1v) is 14.5. The molecule has 0 bridgehead atoms. The van der Waals surface area contributed by atoms with Crippen LogP contribution in [0.15, 0.2) is 71.6 Å². The van der Waals surface area contributed by atoms with Crippen LogP contribution in [0.3, 0.4) is 0 Å². The summed E-state index contributed by atoms with van der Waals surface area (Å²) in [5.74, 6) is -0.315. The fourth-order valence-corrected chi connectivity index (χ4v) is 5.59. The van der Waals surface area contributed by atoms with E-state index in [1.165, 1.54) is 37.3 Å². The molecule has 1 atom stereocenters. The van der Waals surface area contributed by atoms with Crippen LogP contribution in [0.2, 0.25) is 5.02 Å². The molecule has 0 heterocycles. The molecule has 9 nitrogen and oxygen atoms in total. The molecule has 11 heteroatoms. The second kappa shape index (κ2) is 13.5. The molecule has 214 valence electrons. The highest BCUT2D eigenvalue weighted by molar-refractivity contribution is 7.92. The number of methoxy groups -OCH3 is 2. The van der Waals surface area contributed by atoms with Gasteiger partial charge in [-0.3, -0.25) is 13.9 Å². The number of nitrogens with one attached hydrogen (secondary N) is 1. The Hall–Kier alpha value is -3.76. The maximum atomic E-state index is 14.0. The zero-order valence-corrected chi connectivity index (χ0v) is 24.8. The van der Waals surface area contributed by atoms with Gasteiger partial charge in [-0.2, -0.15) is 0 Å². The van der Waals surface area contributed by atoms with E-state index in [1.807, 2.05) is 6.92 Å². The first-order chi connectivity index (χ1) is 19.0. The summed E-state index contributed by atoms with van der Waals surface area (Å²) >= 11 is 6.03. The van der Waals surface area contributed by atoms with Gasteiger partial charge in [0.1, 0.15) is 12.6 Å². The molecule has 3 aromatic rings. The van der Waals surface area contributed by atoms with Gasteiger partial charge in [0.15, 0.2) is 11.5 Å². The minimum Gasteiger partial charge on any atom is -0.493 e. The fourth-order valence-electron chi connectivity index (χ4n) is 4.04. The van der Waals surface area contributed by atoms with Crippen molar-refractivity contribution in [2.75, 3.05) is 31.6 Å². The minimum atomic E-state index is -4.26. The number of carbonyl (C=O) groups is 2. The van der Waals surface area contributed by atoms with Crippen LogP contribution in [-0.4, -0.2) is 58.5 Å². The van der Waals surface area contributed by atoms with Gasteiger partial charge in [0.25, 0.3) is 10.0 Å². The number of aryl methyl sites for hydroxylation is 1. The molecule has 0 aromatic heterocycles. The van der Waals surface area contributed by atoms with Gasteiger partial charge in [-0.25, -0.2) is 8.42 Å². The number of amides is 2. The summed E-state index contributed by atoms with van der Waals surface area (Å²) in [7, 11) is -1.39. The van der Waals surface area contributed by atoms with Crippen molar-refractivity contribution in [3.63, 3.8) is 0 Å². The van der Waals surface area contributed by atoms with Crippen LogP contribution in [0.4, 0.5) is 5.69 Å².